The van der Waals surface area contributed by atoms with E-state index in [0.717, 1.165) is 11.1 Å². The van der Waals surface area contributed by atoms with Crippen molar-refractivity contribution in [3.8, 4) is 0 Å². The van der Waals surface area contributed by atoms with E-state index in [1.165, 1.54) is 6.33 Å². The molecule has 1 aliphatic rings. The molecule has 4 rings (SSSR count). The lowest BCUT2D eigenvalue weighted by Crippen LogP contribution is -2.56. The van der Waals surface area contributed by atoms with Crippen molar-refractivity contribution in [3.63, 3.8) is 0 Å². The van der Waals surface area contributed by atoms with Crippen LogP contribution in [0.15, 0.2) is 73.2 Å². The van der Waals surface area contributed by atoms with Crippen molar-refractivity contribution >= 4 is 34.3 Å². The Morgan fingerprint density at radius 1 is 1.05 bits per heavy atom. The van der Waals surface area contributed by atoms with Crippen LogP contribution in [0.3, 0.4) is 0 Å². The number of nitrogens with zero attached hydrogens (tertiary/aromatic N) is 3. The average Bonchev–Trinajstić information content (AvgIpc) is 3.41. The van der Waals surface area contributed by atoms with Gasteiger partial charge in [-0.3, -0.25) is 18.6 Å². The number of hydrogen-bond donors (Lipinski definition) is 3. The smallest absolute Gasteiger partial charge is 0.250 e. The molecule has 11 nitrogen and oxygen atoms in total. The summed E-state index contributed by atoms with van der Waals surface area (Å²) in [7, 11) is -0.919. The Bertz CT molecular complexity index is 1350. The van der Waals surface area contributed by atoms with Crippen molar-refractivity contribution in [2.24, 2.45) is 5.73 Å². The molecule has 1 aliphatic heterocycles. The normalized spacial score (nSPS) is 15.6. The first-order chi connectivity index (χ1) is 19.6. The lowest BCUT2D eigenvalue weighted by molar-refractivity contribution is -0.133. The van der Waals surface area contributed by atoms with E-state index in [0.29, 0.717) is 24.6 Å². The standard InChI is InChI=1S/C29H36N6O5S/c1-29(2,30)28(38)32-23(19-40-18-21-9-5-3-6-10-21)26(36)33-24-17-35(20-31-24)25(22-11-7-4-8-12-22)27(37)34-13-15-41(39)16-14-34/h3-12,17,20,23,25H,13-16,18-19,30H2,1-2H3,(H,32,38)(H,33,36). The lowest BCUT2D eigenvalue weighted by Gasteiger charge is -2.30. The Balaban J connectivity index is 1.49. The van der Waals surface area contributed by atoms with Gasteiger partial charge in [0.05, 0.1) is 25.1 Å². The molecule has 0 aliphatic carbocycles. The lowest BCUT2D eigenvalue weighted by atomic mass is 10.1. The van der Waals surface area contributed by atoms with Crippen molar-refractivity contribution < 1.29 is 23.3 Å². The Kier molecular flexibility index (Phi) is 10.0. The SMILES string of the molecule is CC(C)(N)C(=O)NC(COCc1ccccc1)C(=O)Nc1cn(C(C(=O)N2CCS(=O)CC2)c2ccccc2)cn1. The minimum Gasteiger partial charge on any atom is -0.374 e. The molecule has 2 heterocycles. The van der Waals surface area contributed by atoms with Crippen LogP contribution in [0.25, 0.3) is 0 Å². The Hall–Kier alpha value is -3.87. The average molecular weight is 581 g/mol. The number of nitrogens with two attached hydrogens (primary N) is 1. The molecule has 41 heavy (non-hydrogen) atoms. The van der Waals surface area contributed by atoms with E-state index in [4.69, 9.17) is 10.5 Å². The molecule has 2 unspecified atom stereocenters. The summed E-state index contributed by atoms with van der Waals surface area (Å²) in [5, 5.41) is 5.39. The fourth-order valence-electron chi connectivity index (χ4n) is 4.26. The first-order valence-corrected chi connectivity index (χ1v) is 14.8. The quantitative estimate of drug-likeness (QED) is 0.311. The second kappa shape index (κ2) is 13.7. The van der Waals surface area contributed by atoms with Gasteiger partial charge in [0.2, 0.25) is 11.8 Å². The highest BCUT2D eigenvalue weighted by Crippen LogP contribution is 2.23. The molecular formula is C29H36N6O5S. The van der Waals surface area contributed by atoms with Crippen LogP contribution in [-0.2, 0) is 36.5 Å². The molecular weight excluding hydrogens is 544 g/mol. The van der Waals surface area contributed by atoms with Crippen LogP contribution in [0.4, 0.5) is 5.82 Å². The Labute approximate surface area is 241 Å². The van der Waals surface area contributed by atoms with Crippen LogP contribution in [-0.4, -0.2) is 79.2 Å². The molecule has 0 saturated carbocycles. The van der Waals surface area contributed by atoms with Gasteiger partial charge in [-0.1, -0.05) is 60.7 Å². The Morgan fingerprint density at radius 2 is 1.68 bits per heavy atom. The Morgan fingerprint density at radius 3 is 2.32 bits per heavy atom. The van der Waals surface area contributed by atoms with E-state index in [2.05, 4.69) is 15.6 Å². The molecule has 12 heteroatoms. The summed E-state index contributed by atoms with van der Waals surface area (Å²) in [5.41, 5.74) is 6.41. The third kappa shape index (κ3) is 8.32. The van der Waals surface area contributed by atoms with E-state index >= 15 is 0 Å². The maximum Gasteiger partial charge on any atom is 0.250 e. The highest BCUT2D eigenvalue weighted by molar-refractivity contribution is 7.85. The zero-order valence-corrected chi connectivity index (χ0v) is 24.0. The molecule has 2 aromatic carbocycles. The number of rotatable bonds is 11. The number of hydrogen-bond acceptors (Lipinski definition) is 7. The van der Waals surface area contributed by atoms with Crippen LogP contribution >= 0.6 is 0 Å². The highest BCUT2D eigenvalue weighted by atomic mass is 32.2. The van der Waals surface area contributed by atoms with Crippen molar-refractivity contribution in [1.29, 1.82) is 0 Å². The summed E-state index contributed by atoms with van der Waals surface area (Å²) >= 11 is 0. The molecule has 218 valence electrons. The van der Waals surface area contributed by atoms with Gasteiger partial charge in [-0.15, -0.1) is 0 Å². The minimum absolute atomic E-state index is 0.0925. The van der Waals surface area contributed by atoms with Gasteiger partial charge in [0.1, 0.15) is 12.1 Å². The molecule has 1 saturated heterocycles. The molecule has 2 atom stereocenters. The summed E-state index contributed by atoms with van der Waals surface area (Å²) in [6.07, 6.45) is 3.06. The van der Waals surface area contributed by atoms with Gasteiger partial charge >= 0.3 is 0 Å². The molecule has 0 spiro atoms. The summed E-state index contributed by atoms with van der Waals surface area (Å²) in [6.45, 7) is 4.08. The number of amides is 3. The zero-order valence-electron chi connectivity index (χ0n) is 23.2. The van der Waals surface area contributed by atoms with Crippen LogP contribution < -0.4 is 16.4 Å². The zero-order chi connectivity index (χ0) is 29.4. The molecule has 0 bridgehead atoms. The van der Waals surface area contributed by atoms with Gasteiger partial charge in [-0.2, -0.15) is 0 Å². The van der Waals surface area contributed by atoms with Crippen molar-refractivity contribution in [3.05, 3.63) is 84.3 Å². The maximum atomic E-state index is 13.6. The fourth-order valence-corrected chi connectivity index (χ4v) is 5.31. The van der Waals surface area contributed by atoms with E-state index in [1.807, 2.05) is 60.7 Å². The number of nitrogens with one attached hydrogen (secondary N) is 2. The van der Waals surface area contributed by atoms with Crippen LogP contribution in [0.1, 0.15) is 31.0 Å². The van der Waals surface area contributed by atoms with Crippen molar-refractivity contribution in [2.45, 2.75) is 38.1 Å². The number of benzene rings is 2. The molecule has 4 N–H and O–H groups in total. The minimum atomic E-state index is -1.20. The number of imidazole rings is 1. The van der Waals surface area contributed by atoms with Gasteiger partial charge in [-0.05, 0) is 25.0 Å². The molecule has 3 aromatic rings. The van der Waals surface area contributed by atoms with Gasteiger partial charge in [0.25, 0.3) is 5.91 Å². The monoisotopic (exact) mass is 580 g/mol. The summed E-state index contributed by atoms with van der Waals surface area (Å²) in [5.74, 6) is -0.106. The van der Waals surface area contributed by atoms with E-state index in [1.54, 1.807) is 29.5 Å². The van der Waals surface area contributed by atoms with Gasteiger partial charge in [0.15, 0.2) is 5.82 Å². The van der Waals surface area contributed by atoms with Crippen LogP contribution in [0, 0.1) is 0 Å². The van der Waals surface area contributed by atoms with Crippen LogP contribution in [0.5, 0.6) is 0 Å². The summed E-state index contributed by atoms with van der Waals surface area (Å²) < 4.78 is 19.2. The number of carbonyl (C=O) groups excluding carboxylic acids is 3. The fraction of sp³-hybridized carbons (Fsp3) is 0.379. The van der Waals surface area contributed by atoms with Gasteiger partial charge in [0, 0.05) is 41.6 Å². The van der Waals surface area contributed by atoms with E-state index < -0.39 is 40.2 Å². The first kappa shape index (κ1) is 30.1. The number of ether oxygens (including phenoxy) is 1. The van der Waals surface area contributed by atoms with Gasteiger partial charge in [-0.25, -0.2) is 4.98 Å². The third-order valence-corrected chi connectivity index (χ3v) is 7.87. The molecule has 1 aromatic heterocycles. The predicted molar refractivity (Wildman–Crippen MR) is 156 cm³/mol. The van der Waals surface area contributed by atoms with E-state index in [9.17, 15) is 18.6 Å². The second-order valence-electron chi connectivity index (χ2n) is 10.4. The highest BCUT2D eigenvalue weighted by Gasteiger charge is 2.31. The first-order valence-electron chi connectivity index (χ1n) is 13.4. The predicted octanol–water partition coefficient (Wildman–Crippen LogP) is 1.44. The van der Waals surface area contributed by atoms with Crippen molar-refractivity contribution in [1.82, 2.24) is 19.8 Å². The largest absolute Gasteiger partial charge is 0.374 e. The summed E-state index contributed by atoms with van der Waals surface area (Å²) in [4.78, 5) is 45.5. The van der Waals surface area contributed by atoms with Crippen LogP contribution in [0.2, 0.25) is 0 Å². The number of anilines is 1. The second-order valence-corrected chi connectivity index (χ2v) is 12.1. The number of aromatic nitrogens is 2. The molecule has 1 fully saturated rings. The van der Waals surface area contributed by atoms with E-state index in [-0.39, 0.29) is 24.9 Å². The van der Waals surface area contributed by atoms with Crippen molar-refractivity contribution in [2.75, 3.05) is 36.5 Å². The van der Waals surface area contributed by atoms with Gasteiger partial charge < -0.3 is 30.6 Å². The molecule has 0 radical (unpaired) electrons. The third-order valence-electron chi connectivity index (χ3n) is 6.59. The topological polar surface area (TPSA) is 149 Å². The maximum absolute atomic E-state index is 13.6. The summed E-state index contributed by atoms with van der Waals surface area (Å²) in [6, 6.07) is 17.0. The molecule has 3 amide bonds. The number of carbonyl (C=O) groups is 3.